The van der Waals surface area contributed by atoms with Gasteiger partial charge >= 0.3 is 5.97 Å². The van der Waals surface area contributed by atoms with Crippen molar-refractivity contribution >= 4 is 28.6 Å². The number of hydrogen-bond acceptors (Lipinski definition) is 3. The number of benzene rings is 2. The van der Waals surface area contributed by atoms with Crippen LogP contribution >= 0.6 is 11.8 Å². The Kier molecular flexibility index (Phi) is 3.68. The Labute approximate surface area is 128 Å². The normalized spacial score (nSPS) is 10.8. The fourth-order valence-corrected chi connectivity index (χ4v) is 3.11. The molecule has 0 unspecified atom stereocenters. The minimum absolute atomic E-state index is 0.0475. The van der Waals surface area contributed by atoms with Crippen LogP contribution in [0.25, 0.3) is 10.9 Å². The molecule has 2 N–H and O–H groups in total. The van der Waals surface area contributed by atoms with E-state index in [0.717, 1.165) is 11.8 Å². The molecule has 3 rings (SSSR count). The maximum Gasteiger partial charge on any atom is 0.337 e. The molecule has 6 heteroatoms. The van der Waals surface area contributed by atoms with E-state index in [1.807, 2.05) is 0 Å². The van der Waals surface area contributed by atoms with Gasteiger partial charge < -0.3 is 10.1 Å². The summed E-state index contributed by atoms with van der Waals surface area (Å²) in [6.07, 6.45) is 0. The average molecular weight is 315 g/mol. The van der Waals surface area contributed by atoms with Crippen molar-refractivity contribution in [3.05, 3.63) is 70.3 Å². The highest BCUT2D eigenvalue weighted by atomic mass is 32.2. The fourth-order valence-electron chi connectivity index (χ4n) is 2.16. The van der Waals surface area contributed by atoms with E-state index >= 15 is 0 Å². The van der Waals surface area contributed by atoms with Crippen molar-refractivity contribution in [2.75, 3.05) is 0 Å². The molecular weight excluding hydrogens is 305 g/mol. The Morgan fingerprint density at radius 2 is 1.77 bits per heavy atom. The monoisotopic (exact) mass is 315 g/mol. The molecule has 2 aromatic carbocycles. The predicted octanol–water partition coefficient (Wildman–Crippen LogP) is 3.52. The van der Waals surface area contributed by atoms with Crippen LogP contribution < -0.4 is 5.56 Å². The SMILES string of the molecule is O=C(O)c1c(Sc2ccc(F)cc2)c(=O)[nH]c2ccccc12. The van der Waals surface area contributed by atoms with Gasteiger partial charge in [0.05, 0.1) is 10.5 Å². The summed E-state index contributed by atoms with van der Waals surface area (Å²) in [6, 6.07) is 12.2. The van der Waals surface area contributed by atoms with Crippen molar-refractivity contribution in [1.82, 2.24) is 4.98 Å². The second kappa shape index (κ2) is 5.65. The summed E-state index contributed by atoms with van der Waals surface area (Å²) in [5.74, 6) is -1.57. The van der Waals surface area contributed by atoms with Gasteiger partial charge in [0.25, 0.3) is 5.56 Å². The molecule has 0 saturated heterocycles. The highest BCUT2D eigenvalue weighted by Crippen LogP contribution is 2.31. The fraction of sp³-hybridized carbons (Fsp3) is 0. The number of carboxylic acids is 1. The van der Waals surface area contributed by atoms with E-state index in [0.29, 0.717) is 15.8 Å². The summed E-state index contributed by atoms with van der Waals surface area (Å²) in [5, 5.41) is 9.94. The van der Waals surface area contributed by atoms with Crippen LogP contribution in [0.4, 0.5) is 4.39 Å². The van der Waals surface area contributed by atoms with E-state index in [1.165, 1.54) is 24.3 Å². The molecule has 0 aliphatic rings. The zero-order valence-electron chi connectivity index (χ0n) is 11.2. The Morgan fingerprint density at radius 3 is 2.45 bits per heavy atom. The molecule has 1 heterocycles. The summed E-state index contributed by atoms with van der Waals surface area (Å²) < 4.78 is 12.9. The lowest BCUT2D eigenvalue weighted by Crippen LogP contribution is -2.15. The maximum absolute atomic E-state index is 12.9. The largest absolute Gasteiger partial charge is 0.478 e. The summed E-state index contributed by atoms with van der Waals surface area (Å²) in [7, 11) is 0. The second-order valence-electron chi connectivity index (χ2n) is 4.56. The summed E-state index contributed by atoms with van der Waals surface area (Å²) >= 11 is 1.00. The van der Waals surface area contributed by atoms with E-state index in [1.54, 1.807) is 24.3 Å². The number of carbonyl (C=O) groups is 1. The first-order valence-electron chi connectivity index (χ1n) is 6.38. The smallest absolute Gasteiger partial charge is 0.337 e. The molecule has 0 spiro atoms. The van der Waals surface area contributed by atoms with Gasteiger partial charge in [0.15, 0.2) is 0 Å². The number of aromatic carboxylic acids is 1. The van der Waals surface area contributed by atoms with Gasteiger partial charge in [-0.25, -0.2) is 9.18 Å². The highest BCUT2D eigenvalue weighted by molar-refractivity contribution is 7.99. The van der Waals surface area contributed by atoms with Crippen LogP contribution in [0, 0.1) is 5.82 Å². The van der Waals surface area contributed by atoms with Gasteiger partial charge in [-0.3, -0.25) is 4.79 Å². The number of H-pyrrole nitrogens is 1. The first-order valence-corrected chi connectivity index (χ1v) is 7.19. The number of aromatic nitrogens is 1. The molecule has 110 valence electrons. The van der Waals surface area contributed by atoms with Crippen LogP contribution in [-0.4, -0.2) is 16.1 Å². The number of halogens is 1. The number of hydrogen-bond donors (Lipinski definition) is 2. The van der Waals surface area contributed by atoms with Crippen molar-refractivity contribution in [2.45, 2.75) is 9.79 Å². The van der Waals surface area contributed by atoms with Crippen LogP contribution in [0.3, 0.4) is 0 Å². The van der Waals surface area contributed by atoms with Gasteiger partial charge in [-0.05, 0) is 30.3 Å². The standard InChI is InChI=1S/C16H10FNO3S/c17-9-5-7-10(8-6-9)22-14-13(16(20)21)11-3-1-2-4-12(11)18-15(14)19/h1-8H,(H,18,19)(H,20,21). The minimum atomic E-state index is -1.17. The Morgan fingerprint density at radius 1 is 1.09 bits per heavy atom. The third kappa shape index (κ3) is 2.60. The molecule has 22 heavy (non-hydrogen) atoms. The van der Waals surface area contributed by atoms with Gasteiger partial charge in [-0.2, -0.15) is 0 Å². The van der Waals surface area contributed by atoms with Crippen LogP contribution in [0.2, 0.25) is 0 Å². The topological polar surface area (TPSA) is 70.2 Å². The van der Waals surface area contributed by atoms with Gasteiger partial charge in [-0.15, -0.1) is 0 Å². The van der Waals surface area contributed by atoms with Gasteiger partial charge in [-0.1, -0.05) is 30.0 Å². The molecule has 0 atom stereocenters. The lowest BCUT2D eigenvalue weighted by molar-refractivity contribution is 0.0695. The zero-order valence-corrected chi connectivity index (χ0v) is 12.0. The number of fused-ring (bicyclic) bond motifs is 1. The van der Waals surface area contributed by atoms with Crippen LogP contribution in [-0.2, 0) is 0 Å². The van der Waals surface area contributed by atoms with Crippen LogP contribution in [0.5, 0.6) is 0 Å². The molecule has 0 saturated carbocycles. The van der Waals surface area contributed by atoms with Crippen molar-refractivity contribution in [1.29, 1.82) is 0 Å². The summed E-state index contributed by atoms with van der Waals surface area (Å²) in [6.45, 7) is 0. The molecular formula is C16H10FNO3S. The molecule has 0 aliphatic heterocycles. The highest BCUT2D eigenvalue weighted by Gasteiger charge is 2.19. The van der Waals surface area contributed by atoms with E-state index < -0.39 is 17.3 Å². The van der Waals surface area contributed by atoms with E-state index in [2.05, 4.69) is 4.98 Å². The predicted molar refractivity (Wildman–Crippen MR) is 82.1 cm³/mol. The number of rotatable bonds is 3. The number of nitrogens with one attached hydrogen (secondary N) is 1. The second-order valence-corrected chi connectivity index (χ2v) is 5.65. The Hall–Kier alpha value is -2.60. The lowest BCUT2D eigenvalue weighted by atomic mass is 10.1. The van der Waals surface area contributed by atoms with E-state index in [9.17, 15) is 19.1 Å². The lowest BCUT2D eigenvalue weighted by Gasteiger charge is -2.08. The van der Waals surface area contributed by atoms with E-state index in [4.69, 9.17) is 0 Å². The van der Waals surface area contributed by atoms with Crippen LogP contribution in [0.1, 0.15) is 10.4 Å². The molecule has 0 bridgehead atoms. The molecule has 0 aliphatic carbocycles. The van der Waals surface area contributed by atoms with Crippen molar-refractivity contribution in [2.24, 2.45) is 0 Å². The van der Waals surface area contributed by atoms with Crippen molar-refractivity contribution in [3.63, 3.8) is 0 Å². The quantitative estimate of drug-likeness (QED) is 0.776. The molecule has 0 radical (unpaired) electrons. The Bertz CT molecular complexity index is 919. The van der Waals surface area contributed by atoms with E-state index in [-0.39, 0.29) is 10.5 Å². The van der Waals surface area contributed by atoms with Crippen molar-refractivity contribution < 1.29 is 14.3 Å². The van der Waals surface area contributed by atoms with Gasteiger partial charge in [0.2, 0.25) is 0 Å². The third-order valence-corrected chi connectivity index (χ3v) is 4.23. The molecule has 1 aromatic heterocycles. The third-order valence-electron chi connectivity index (χ3n) is 3.13. The first-order chi connectivity index (χ1) is 10.6. The number of para-hydroxylation sites is 1. The summed E-state index contributed by atoms with van der Waals surface area (Å²) in [4.78, 5) is 27.2. The summed E-state index contributed by atoms with van der Waals surface area (Å²) in [5.41, 5.74) is -0.0625. The first kappa shape index (κ1) is 14.3. The Balaban J connectivity index is 2.21. The molecule has 0 fully saturated rings. The van der Waals surface area contributed by atoms with Gasteiger partial charge in [0, 0.05) is 15.8 Å². The molecule has 4 nitrogen and oxygen atoms in total. The minimum Gasteiger partial charge on any atom is -0.478 e. The number of pyridine rings is 1. The number of carboxylic acid groups (broad SMARTS) is 1. The van der Waals surface area contributed by atoms with Crippen molar-refractivity contribution in [3.8, 4) is 0 Å². The van der Waals surface area contributed by atoms with Gasteiger partial charge in [0.1, 0.15) is 5.82 Å². The maximum atomic E-state index is 12.9. The average Bonchev–Trinajstić information content (AvgIpc) is 2.49. The zero-order chi connectivity index (χ0) is 15.7. The molecule has 3 aromatic rings. The molecule has 0 amide bonds. The van der Waals surface area contributed by atoms with Crippen LogP contribution in [0.15, 0.2) is 63.1 Å². The number of aromatic amines is 1.